The van der Waals surface area contributed by atoms with Crippen molar-refractivity contribution in [3.05, 3.63) is 61.3 Å². The molecule has 0 spiro atoms. The predicted molar refractivity (Wildman–Crippen MR) is 111 cm³/mol. The number of hydrogen-bond acceptors (Lipinski definition) is 4. The summed E-state index contributed by atoms with van der Waals surface area (Å²) in [5.74, 6) is 0.345. The molecule has 0 aliphatic rings. The molecule has 3 rings (SSSR count). The van der Waals surface area contributed by atoms with Gasteiger partial charge in [0.15, 0.2) is 11.7 Å². The molecule has 8 heteroatoms. The fraction of sp³-hybridized carbons (Fsp3) is 0.0588. The van der Waals surface area contributed by atoms with Gasteiger partial charge in [-0.2, -0.15) is 0 Å². The SMILES string of the molecule is O=C(COc1ccc(Br)cc1Br)Nc1nc(-c2cccc(Br)c2)cs1. The summed E-state index contributed by atoms with van der Waals surface area (Å²) in [6.07, 6.45) is 0. The molecule has 0 unspecified atom stereocenters. The lowest BCUT2D eigenvalue weighted by Gasteiger charge is -2.08. The van der Waals surface area contributed by atoms with E-state index in [9.17, 15) is 4.79 Å². The van der Waals surface area contributed by atoms with Gasteiger partial charge in [-0.05, 0) is 46.3 Å². The van der Waals surface area contributed by atoms with E-state index in [1.165, 1.54) is 11.3 Å². The van der Waals surface area contributed by atoms with E-state index >= 15 is 0 Å². The summed E-state index contributed by atoms with van der Waals surface area (Å²) in [5.41, 5.74) is 1.80. The van der Waals surface area contributed by atoms with Gasteiger partial charge in [0.05, 0.1) is 10.2 Å². The lowest BCUT2D eigenvalue weighted by molar-refractivity contribution is -0.118. The molecule has 1 amide bonds. The van der Waals surface area contributed by atoms with E-state index in [0.29, 0.717) is 10.9 Å². The van der Waals surface area contributed by atoms with E-state index < -0.39 is 0 Å². The van der Waals surface area contributed by atoms with Crippen LogP contribution in [0.4, 0.5) is 5.13 Å². The molecule has 3 aromatic rings. The fourth-order valence-electron chi connectivity index (χ4n) is 2.00. The average Bonchev–Trinajstić information content (AvgIpc) is 3.02. The van der Waals surface area contributed by atoms with Crippen molar-refractivity contribution >= 4 is 70.2 Å². The van der Waals surface area contributed by atoms with Crippen molar-refractivity contribution < 1.29 is 9.53 Å². The third kappa shape index (κ3) is 5.13. The molecule has 1 aromatic heterocycles. The minimum absolute atomic E-state index is 0.0912. The zero-order chi connectivity index (χ0) is 17.8. The molecule has 1 heterocycles. The first-order valence-electron chi connectivity index (χ1n) is 7.10. The van der Waals surface area contributed by atoms with Crippen molar-refractivity contribution in [1.29, 1.82) is 0 Å². The Bertz CT molecular complexity index is 914. The van der Waals surface area contributed by atoms with Gasteiger partial charge < -0.3 is 4.74 Å². The van der Waals surface area contributed by atoms with Gasteiger partial charge in [-0.1, -0.05) is 44.0 Å². The van der Waals surface area contributed by atoms with Gasteiger partial charge in [0.2, 0.25) is 0 Å². The van der Waals surface area contributed by atoms with Crippen molar-refractivity contribution in [2.24, 2.45) is 0 Å². The molecule has 128 valence electrons. The Kier molecular flexibility index (Phi) is 6.27. The monoisotopic (exact) mass is 544 g/mol. The van der Waals surface area contributed by atoms with E-state index in [1.807, 2.05) is 41.8 Å². The van der Waals surface area contributed by atoms with Crippen LogP contribution in [0.2, 0.25) is 0 Å². The number of anilines is 1. The Balaban J connectivity index is 1.60. The predicted octanol–water partition coefficient (Wildman–Crippen LogP) is 6.12. The molecule has 0 fully saturated rings. The maximum atomic E-state index is 12.1. The highest BCUT2D eigenvalue weighted by Gasteiger charge is 2.10. The number of rotatable bonds is 5. The highest BCUT2D eigenvalue weighted by molar-refractivity contribution is 9.11. The maximum absolute atomic E-state index is 12.1. The summed E-state index contributed by atoms with van der Waals surface area (Å²) in [5, 5.41) is 5.20. The molecule has 4 nitrogen and oxygen atoms in total. The number of nitrogens with zero attached hydrogens (tertiary/aromatic N) is 1. The molecular weight excluding hydrogens is 536 g/mol. The average molecular weight is 547 g/mol. The van der Waals surface area contributed by atoms with E-state index in [4.69, 9.17) is 4.74 Å². The summed E-state index contributed by atoms with van der Waals surface area (Å²) in [7, 11) is 0. The van der Waals surface area contributed by atoms with Crippen LogP contribution in [0.5, 0.6) is 5.75 Å². The second-order valence-electron chi connectivity index (χ2n) is 4.96. The van der Waals surface area contributed by atoms with Crippen LogP contribution in [0.15, 0.2) is 61.3 Å². The number of ether oxygens (including phenoxy) is 1. The molecule has 0 radical (unpaired) electrons. The van der Waals surface area contributed by atoms with Gasteiger partial charge in [0.1, 0.15) is 5.75 Å². The maximum Gasteiger partial charge on any atom is 0.264 e. The van der Waals surface area contributed by atoms with Crippen LogP contribution >= 0.6 is 59.1 Å². The zero-order valence-corrected chi connectivity index (χ0v) is 18.2. The van der Waals surface area contributed by atoms with Crippen LogP contribution in [-0.2, 0) is 4.79 Å². The molecule has 0 aliphatic carbocycles. The van der Waals surface area contributed by atoms with Gasteiger partial charge in [-0.3, -0.25) is 10.1 Å². The van der Waals surface area contributed by atoms with Crippen LogP contribution < -0.4 is 10.1 Å². The number of halogens is 3. The molecule has 0 bridgehead atoms. The Labute approximate surface area is 174 Å². The van der Waals surface area contributed by atoms with Crippen molar-refractivity contribution in [3.63, 3.8) is 0 Å². The number of amides is 1. The number of carbonyl (C=O) groups excluding carboxylic acids is 1. The third-order valence-electron chi connectivity index (χ3n) is 3.12. The summed E-state index contributed by atoms with van der Waals surface area (Å²) in [6, 6.07) is 13.4. The van der Waals surface area contributed by atoms with Crippen LogP contribution in [0.3, 0.4) is 0 Å². The summed E-state index contributed by atoms with van der Waals surface area (Å²) in [6.45, 7) is -0.0912. The molecular formula is C17H11Br3N2O2S. The first-order valence-corrected chi connectivity index (χ1v) is 10.4. The van der Waals surface area contributed by atoms with Crippen molar-refractivity contribution in [2.75, 3.05) is 11.9 Å². The smallest absolute Gasteiger partial charge is 0.264 e. The van der Waals surface area contributed by atoms with Crippen molar-refractivity contribution in [2.45, 2.75) is 0 Å². The molecule has 0 saturated heterocycles. The van der Waals surface area contributed by atoms with E-state index in [0.717, 1.165) is 24.7 Å². The van der Waals surface area contributed by atoms with Gasteiger partial charge in [-0.25, -0.2) is 4.98 Å². The second-order valence-corrected chi connectivity index (χ2v) is 8.50. The van der Waals surface area contributed by atoms with E-state index in [2.05, 4.69) is 58.1 Å². The van der Waals surface area contributed by atoms with Crippen molar-refractivity contribution in [1.82, 2.24) is 4.98 Å². The summed E-state index contributed by atoms with van der Waals surface area (Å²) < 4.78 is 8.22. The standard InChI is InChI=1S/C17H11Br3N2O2S/c18-11-3-1-2-10(6-11)14-9-25-17(21-14)22-16(23)8-24-15-5-4-12(19)7-13(15)20/h1-7,9H,8H2,(H,21,22,23). The largest absolute Gasteiger partial charge is 0.483 e. The lowest BCUT2D eigenvalue weighted by atomic mass is 10.2. The number of carbonyl (C=O) groups is 1. The first kappa shape index (κ1) is 18.6. The van der Waals surface area contributed by atoms with Gasteiger partial charge in [0, 0.05) is 19.9 Å². The normalized spacial score (nSPS) is 10.5. The van der Waals surface area contributed by atoms with Crippen LogP contribution in [0.25, 0.3) is 11.3 Å². The Hall–Kier alpha value is -1.22. The van der Waals surface area contributed by atoms with Crippen molar-refractivity contribution in [3.8, 4) is 17.0 Å². The lowest BCUT2D eigenvalue weighted by Crippen LogP contribution is -2.20. The third-order valence-corrected chi connectivity index (χ3v) is 5.49. The number of thiazole rings is 1. The highest BCUT2D eigenvalue weighted by Crippen LogP contribution is 2.29. The van der Waals surface area contributed by atoms with Crippen LogP contribution in [0, 0.1) is 0 Å². The molecule has 0 atom stereocenters. The first-order chi connectivity index (χ1) is 12.0. The molecule has 0 saturated carbocycles. The zero-order valence-electron chi connectivity index (χ0n) is 12.6. The van der Waals surface area contributed by atoms with Gasteiger partial charge in [0.25, 0.3) is 5.91 Å². The molecule has 0 aliphatic heterocycles. The van der Waals surface area contributed by atoms with Gasteiger partial charge in [-0.15, -0.1) is 11.3 Å². The minimum Gasteiger partial charge on any atom is -0.483 e. The highest BCUT2D eigenvalue weighted by atomic mass is 79.9. The number of hydrogen-bond donors (Lipinski definition) is 1. The Morgan fingerprint density at radius 2 is 1.92 bits per heavy atom. The fourth-order valence-corrected chi connectivity index (χ4v) is 4.30. The number of benzene rings is 2. The molecule has 25 heavy (non-hydrogen) atoms. The van der Waals surface area contributed by atoms with E-state index in [-0.39, 0.29) is 12.5 Å². The van der Waals surface area contributed by atoms with E-state index in [1.54, 1.807) is 6.07 Å². The molecule has 2 aromatic carbocycles. The Morgan fingerprint density at radius 3 is 2.68 bits per heavy atom. The van der Waals surface area contributed by atoms with Gasteiger partial charge >= 0.3 is 0 Å². The number of aromatic nitrogens is 1. The molecule has 1 N–H and O–H groups in total. The summed E-state index contributed by atoms with van der Waals surface area (Å²) >= 11 is 11.6. The topological polar surface area (TPSA) is 51.2 Å². The van der Waals surface area contributed by atoms with Crippen LogP contribution in [-0.4, -0.2) is 17.5 Å². The number of nitrogens with one attached hydrogen (secondary N) is 1. The summed E-state index contributed by atoms with van der Waals surface area (Å²) in [4.78, 5) is 16.5. The minimum atomic E-state index is -0.259. The quantitative estimate of drug-likeness (QED) is 0.420. The second kappa shape index (κ2) is 8.44. The Morgan fingerprint density at radius 1 is 1.12 bits per heavy atom. The van der Waals surface area contributed by atoms with Crippen LogP contribution in [0.1, 0.15) is 0 Å².